The predicted octanol–water partition coefficient (Wildman–Crippen LogP) is 2.50. The summed E-state index contributed by atoms with van der Waals surface area (Å²) in [5.41, 5.74) is 7.68. The topological polar surface area (TPSA) is 69.6 Å². The SMILES string of the molecule is Cc1cc(F)cc(-n2nnnc2-c2ccc(F)cc2N)c1. The lowest BCUT2D eigenvalue weighted by Gasteiger charge is -2.08. The fourth-order valence-corrected chi connectivity index (χ4v) is 2.11. The van der Waals surface area contributed by atoms with E-state index in [-0.39, 0.29) is 5.69 Å². The number of hydrogen-bond donors (Lipinski definition) is 1. The average molecular weight is 287 g/mol. The molecule has 0 unspecified atom stereocenters. The van der Waals surface area contributed by atoms with E-state index >= 15 is 0 Å². The second-order valence-electron chi connectivity index (χ2n) is 4.63. The molecule has 0 atom stereocenters. The Bertz CT molecular complexity index is 793. The minimum absolute atomic E-state index is 0.208. The van der Waals surface area contributed by atoms with Crippen LogP contribution in [0, 0.1) is 18.6 Å². The van der Waals surface area contributed by atoms with Gasteiger partial charge in [-0.3, -0.25) is 0 Å². The predicted molar refractivity (Wildman–Crippen MR) is 73.7 cm³/mol. The molecule has 21 heavy (non-hydrogen) atoms. The van der Waals surface area contributed by atoms with Gasteiger partial charge in [-0.25, -0.2) is 8.78 Å². The van der Waals surface area contributed by atoms with Crippen molar-refractivity contribution in [2.24, 2.45) is 0 Å². The van der Waals surface area contributed by atoms with Crippen molar-refractivity contribution < 1.29 is 8.78 Å². The van der Waals surface area contributed by atoms with Crippen molar-refractivity contribution in [3.8, 4) is 17.1 Å². The van der Waals surface area contributed by atoms with Crippen LogP contribution < -0.4 is 5.73 Å². The van der Waals surface area contributed by atoms with Gasteiger partial charge in [-0.15, -0.1) is 5.10 Å². The minimum atomic E-state index is -0.447. The minimum Gasteiger partial charge on any atom is -0.398 e. The van der Waals surface area contributed by atoms with Crippen LogP contribution in [0.15, 0.2) is 36.4 Å². The zero-order chi connectivity index (χ0) is 15.0. The monoisotopic (exact) mass is 287 g/mol. The number of anilines is 1. The van der Waals surface area contributed by atoms with E-state index in [1.165, 1.54) is 35.0 Å². The summed E-state index contributed by atoms with van der Waals surface area (Å²) in [4.78, 5) is 0. The molecule has 0 amide bonds. The summed E-state index contributed by atoms with van der Waals surface area (Å²) >= 11 is 0. The van der Waals surface area contributed by atoms with Crippen molar-refractivity contribution in [3.05, 3.63) is 53.6 Å². The largest absolute Gasteiger partial charge is 0.398 e. The lowest BCUT2D eigenvalue weighted by molar-refractivity contribution is 0.623. The van der Waals surface area contributed by atoms with Crippen LogP contribution in [0.4, 0.5) is 14.5 Å². The third kappa shape index (κ3) is 2.45. The van der Waals surface area contributed by atoms with E-state index in [9.17, 15) is 8.78 Å². The Morgan fingerprint density at radius 3 is 2.57 bits per heavy atom. The van der Waals surface area contributed by atoms with Crippen molar-refractivity contribution in [1.82, 2.24) is 20.2 Å². The van der Waals surface area contributed by atoms with Gasteiger partial charge in [0.1, 0.15) is 11.6 Å². The molecule has 2 N–H and O–H groups in total. The van der Waals surface area contributed by atoms with Gasteiger partial charge in [0.15, 0.2) is 5.82 Å². The molecule has 0 radical (unpaired) electrons. The van der Waals surface area contributed by atoms with Crippen molar-refractivity contribution in [1.29, 1.82) is 0 Å². The molecule has 2 aromatic carbocycles. The maximum Gasteiger partial charge on any atom is 0.189 e. The number of rotatable bonds is 2. The third-order valence-electron chi connectivity index (χ3n) is 3.00. The highest BCUT2D eigenvalue weighted by molar-refractivity contribution is 5.72. The number of tetrazole rings is 1. The number of benzene rings is 2. The Morgan fingerprint density at radius 1 is 1.05 bits per heavy atom. The van der Waals surface area contributed by atoms with Gasteiger partial charge in [-0.2, -0.15) is 4.68 Å². The summed E-state index contributed by atoms with van der Waals surface area (Å²) in [5.74, 6) is -0.520. The molecule has 1 heterocycles. The van der Waals surface area contributed by atoms with Crippen molar-refractivity contribution in [2.45, 2.75) is 6.92 Å². The second kappa shape index (κ2) is 4.93. The Labute approximate surface area is 119 Å². The lowest BCUT2D eigenvalue weighted by atomic mass is 10.1. The molecule has 1 aromatic heterocycles. The molecule has 7 heteroatoms. The normalized spacial score (nSPS) is 10.8. The second-order valence-corrected chi connectivity index (χ2v) is 4.63. The molecule has 3 rings (SSSR count). The summed E-state index contributed by atoms with van der Waals surface area (Å²) in [6, 6.07) is 8.39. The standard InChI is InChI=1S/C14H11F2N5/c1-8-4-10(16)6-11(5-8)21-14(18-19-20-21)12-3-2-9(15)7-13(12)17/h2-7H,17H2,1H3. The van der Waals surface area contributed by atoms with E-state index in [0.29, 0.717) is 17.1 Å². The van der Waals surface area contributed by atoms with Crippen molar-refractivity contribution in [2.75, 3.05) is 5.73 Å². The molecule has 0 aliphatic carbocycles. The van der Waals surface area contributed by atoms with Gasteiger partial charge in [0.2, 0.25) is 0 Å². The summed E-state index contributed by atoms with van der Waals surface area (Å²) < 4.78 is 28.0. The number of nitrogen functional groups attached to an aromatic ring is 1. The number of nitrogens with zero attached hydrogens (tertiary/aromatic N) is 4. The Balaban J connectivity index is 2.17. The van der Waals surface area contributed by atoms with Crippen LogP contribution in [0.1, 0.15) is 5.56 Å². The summed E-state index contributed by atoms with van der Waals surface area (Å²) in [6.07, 6.45) is 0. The molecular weight excluding hydrogens is 276 g/mol. The summed E-state index contributed by atoms with van der Waals surface area (Å²) in [6.45, 7) is 1.77. The van der Waals surface area contributed by atoms with Crippen LogP contribution in [0.5, 0.6) is 0 Å². The number of hydrogen-bond acceptors (Lipinski definition) is 4. The van der Waals surface area contributed by atoms with Crippen LogP contribution in [0.25, 0.3) is 17.1 Å². The number of nitrogens with two attached hydrogens (primary N) is 1. The van der Waals surface area contributed by atoms with E-state index in [4.69, 9.17) is 5.73 Å². The number of aryl methyl sites for hydroxylation is 1. The van der Waals surface area contributed by atoms with Gasteiger partial charge in [0, 0.05) is 11.3 Å². The van der Waals surface area contributed by atoms with Crippen LogP contribution in [0.2, 0.25) is 0 Å². The van der Waals surface area contributed by atoms with E-state index in [1.807, 2.05) is 0 Å². The molecule has 5 nitrogen and oxygen atoms in total. The first kappa shape index (κ1) is 13.2. The van der Waals surface area contributed by atoms with Gasteiger partial charge in [-0.05, 0) is 59.3 Å². The van der Waals surface area contributed by atoms with Crippen LogP contribution in [-0.2, 0) is 0 Å². The van der Waals surface area contributed by atoms with E-state index < -0.39 is 11.6 Å². The molecule has 0 aliphatic rings. The fraction of sp³-hybridized carbons (Fsp3) is 0.0714. The summed E-state index contributed by atoms with van der Waals surface area (Å²) in [7, 11) is 0. The van der Waals surface area contributed by atoms with Gasteiger partial charge < -0.3 is 5.73 Å². The average Bonchev–Trinajstić information content (AvgIpc) is 2.86. The highest BCUT2D eigenvalue weighted by atomic mass is 19.1. The van der Waals surface area contributed by atoms with Gasteiger partial charge in [-0.1, -0.05) is 0 Å². The van der Waals surface area contributed by atoms with Gasteiger partial charge in [0.25, 0.3) is 0 Å². The molecular formula is C14H11F2N5. The Morgan fingerprint density at radius 2 is 1.86 bits per heavy atom. The van der Waals surface area contributed by atoms with Crippen molar-refractivity contribution in [3.63, 3.8) is 0 Å². The zero-order valence-corrected chi connectivity index (χ0v) is 11.1. The lowest BCUT2D eigenvalue weighted by Crippen LogP contribution is -2.03. The van der Waals surface area contributed by atoms with Crippen LogP contribution in [-0.4, -0.2) is 20.2 Å². The van der Waals surface area contributed by atoms with E-state index in [1.54, 1.807) is 13.0 Å². The van der Waals surface area contributed by atoms with Gasteiger partial charge >= 0.3 is 0 Å². The molecule has 0 bridgehead atoms. The summed E-state index contributed by atoms with van der Waals surface area (Å²) in [5, 5.41) is 11.3. The molecule has 0 fully saturated rings. The third-order valence-corrected chi connectivity index (χ3v) is 3.00. The molecule has 106 valence electrons. The first-order valence-corrected chi connectivity index (χ1v) is 6.16. The highest BCUT2D eigenvalue weighted by Crippen LogP contribution is 2.26. The molecule has 0 spiro atoms. The molecule has 0 saturated heterocycles. The van der Waals surface area contributed by atoms with E-state index in [2.05, 4.69) is 15.5 Å². The Kier molecular flexibility index (Phi) is 3.09. The van der Waals surface area contributed by atoms with Gasteiger partial charge in [0.05, 0.1) is 5.69 Å². The number of halogens is 2. The highest BCUT2D eigenvalue weighted by Gasteiger charge is 2.14. The maximum absolute atomic E-state index is 13.5. The van der Waals surface area contributed by atoms with Crippen molar-refractivity contribution >= 4 is 5.69 Å². The molecule has 0 saturated carbocycles. The van der Waals surface area contributed by atoms with Crippen LogP contribution in [0.3, 0.4) is 0 Å². The van der Waals surface area contributed by atoms with E-state index in [0.717, 1.165) is 5.56 Å². The number of aromatic nitrogens is 4. The molecule has 3 aromatic rings. The Hall–Kier alpha value is -2.83. The first-order chi connectivity index (χ1) is 10.0. The zero-order valence-electron chi connectivity index (χ0n) is 11.1. The maximum atomic E-state index is 13.5. The molecule has 0 aliphatic heterocycles. The first-order valence-electron chi connectivity index (χ1n) is 6.16. The smallest absolute Gasteiger partial charge is 0.189 e. The quantitative estimate of drug-likeness (QED) is 0.735. The fourth-order valence-electron chi connectivity index (χ4n) is 2.11. The van der Waals surface area contributed by atoms with Crippen LogP contribution >= 0.6 is 0 Å².